The maximum atomic E-state index is 13.1. The third kappa shape index (κ3) is 4.33. The van der Waals surface area contributed by atoms with Crippen LogP contribution in [0, 0.1) is 13.8 Å². The van der Waals surface area contributed by atoms with Crippen LogP contribution in [-0.2, 0) is 10.0 Å². The summed E-state index contributed by atoms with van der Waals surface area (Å²) in [6, 6.07) is 21.1. The van der Waals surface area contributed by atoms with Crippen LogP contribution in [0.2, 0.25) is 0 Å². The lowest BCUT2D eigenvalue weighted by Crippen LogP contribution is -2.14. The van der Waals surface area contributed by atoms with Crippen LogP contribution in [0.3, 0.4) is 0 Å². The quantitative estimate of drug-likeness (QED) is 0.499. The van der Waals surface area contributed by atoms with Crippen molar-refractivity contribution in [2.45, 2.75) is 18.7 Å². The summed E-state index contributed by atoms with van der Waals surface area (Å²) in [6.07, 6.45) is 0. The number of anilines is 1. The molecule has 4 aromatic rings. The number of para-hydroxylation sites is 1. The lowest BCUT2D eigenvalue weighted by molar-refractivity contribution is 0.102. The molecular weight excluding hydrogens is 410 g/mol. The first-order valence-corrected chi connectivity index (χ1v) is 11.2. The maximum Gasteiger partial charge on any atom is 0.256 e. The minimum Gasteiger partial charge on any atom is -0.322 e. The summed E-state index contributed by atoms with van der Waals surface area (Å²) < 4.78 is 22.9. The Kier molecular flexibility index (Phi) is 5.31. The summed E-state index contributed by atoms with van der Waals surface area (Å²) in [7, 11) is -3.79. The number of pyridine rings is 1. The fourth-order valence-electron chi connectivity index (χ4n) is 3.34. The Morgan fingerprint density at radius 1 is 0.903 bits per heavy atom. The van der Waals surface area contributed by atoms with E-state index < -0.39 is 10.0 Å². The number of nitrogens with one attached hydrogen (secondary N) is 1. The zero-order chi connectivity index (χ0) is 22.2. The van der Waals surface area contributed by atoms with Crippen LogP contribution in [0.1, 0.15) is 21.5 Å². The van der Waals surface area contributed by atoms with Crippen LogP contribution < -0.4 is 10.5 Å². The Morgan fingerprint density at radius 2 is 1.61 bits per heavy atom. The first kappa shape index (κ1) is 20.7. The maximum absolute atomic E-state index is 13.1. The van der Waals surface area contributed by atoms with Crippen molar-refractivity contribution in [1.29, 1.82) is 0 Å². The highest BCUT2D eigenvalue weighted by Crippen LogP contribution is 2.27. The van der Waals surface area contributed by atoms with E-state index in [1.54, 1.807) is 6.07 Å². The van der Waals surface area contributed by atoms with Crippen molar-refractivity contribution in [2.24, 2.45) is 5.14 Å². The number of amides is 1. The SMILES string of the molecule is Cc1ccc(-c2cc(C(=O)Nc3ccc(S(N)(=O)=O)cc3)c3ccccc3n2)cc1C. The highest BCUT2D eigenvalue weighted by atomic mass is 32.2. The Morgan fingerprint density at radius 3 is 2.29 bits per heavy atom. The van der Waals surface area contributed by atoms with Crippen molar-refractivity contribution < 1.29 is 13.2 Å². The molecule has 0 aliphatic heterocycles. The number of benzene rings is 3. The molecule has 0 atom stereocenters. The number of fused-ring (bicyclic) bond motifs is 1. The monoisotopic (exact) mass is 431 g/mol. The first-order valence-electron chi connectivity index (χ1n) is 9.64. The van der Waals surface area contributed by atoms with Gasteiger partial charge in [-0.25, -0.2) is 18.5 Å². The molecule has 7 heteroatoms. The average Bonchev–Trinajstić information content (AvgIpc) is 2.74. The second kappa shape index (κ2) is 7.94. The van der Waals surface area contributed by atoms with Gasteiger partial charge >= 0.3 is 0 Å². The van der Waals surface area contributed by atoms with Gasteiger partial charge in [-0.05, 0) is 67.4 Å². The lowest BCUT2D eigenvalue weighted by atomic mass is 10.0. The molecule has 3 N–H and O–H groups in total. The Bertz CT molecular complexity index is 1410. The minimum absolute atomic E-state index is 0.0168. The number of nitrogens with two attached hydrogens (primary N) is 1. The Hall–Kier alpha value is -3.55. The molecule has 1 aromatic heterocycles. The second-order valence-electron chi connectivity index (χ2n) is 7.39. The third-order valence-corrected chi connectivity index (χ3v) is 6.13. The van der Waals surface area contributed by atoms with E-state index in [1.807, 2.05) is 50.2 Å². The number of carbonyl (C=O) groups excluding carboxylic acids is 1. The van der Waals surface area contributed by atoms with Crippen LogP contribution in [0.4, 0.5) is 5.69 Å². The van der Waals surface area contributed by atoms with E-state index in [4.69, 9.17) is 10.1 Å². The topological polar surface area (TPSA) is 102 Å². The predicted octanol–water partition coefficient (Wildman–Crippen LogP) is 4.42. The zero-order valence-corrected chi connectivity index (χ0v) is 17.9. The molecule has 3 aromatic carbocycles. The molecule has 0 aliphatic carbocycles. The molecule has 156 valence electrons. The van der Waals surface area contributed by atoms with Gasteiger partial charge in [0.15, 0.2) is 0 Å². The molecule has 0 bridgehead atoms. The number of rotatable bonds is 4. The van der Waals surface area contributed by atoms with E-state index >= 15 is 0 Å². The summed E-state index contributed by atoms with van der Waals surface area (Å²) in [4.78, 5) is 17.9. The number of aromatic nitrogens is 1. The zero-order valence-electron chi connectivity index (χ0n) is 17.1. The van der Waals surface area contributed by atoms with Gasteiger partial charge in [0.05, 0.1) is 21.7 Å². The molecule has 0 radical (unpaired) electrons. The van der Waals surface area contributed by atoms with Crippen LogP contribution in [-0.4, -0.2) is 19.3 Å². The van der Waals surface area contributed by atoms with Crippen molar-refractivity contribution in [2.75, 3.05) is 5.32 Å². The summed E-state index contributed by atoms with van der Waals surface area (Å²) in [5, 5.41) is 8.69. The molecule has 0 unspecified atom stereocenters. The average molecular weight is 432 g/mol. The van der Waals surface area contributed by atoms with Crippen LogP contribution in [0.5, 0.6) is 0 Å². The van der Waals surface area contributed by atoms with Crippen molar-refractivity contribution in [1.82, 2.24) is 4.98 Å². The summed E-state index contributed by atoms with van der Waals surface area (Å²) in [5.41, 5.74) is 5.63. The molecule has 0 spiro atoms. The molecule has 6 nitrogen and oxygen atoms in total. The normalized spacial score (nSPS) is 11.5. The van der Waals surface area contributed by atoms with Crippen molar-refractivity contribution in [3.05, 3.63) is 89.5 Å². The van der Waals surface area contributed by atoms with Gasteiger partial charge in [0.1, 0.15) is 0 Å². The van der Waals surface area contributed by atoms with E-state index in [-0.39, 0.29) is 10.8 Å². The highest BCUT2D eigenvalue weighted by Gasteiger charge is 2.15. The number of sulfonamides is 1. The largest absolute Gasteiger partial charge is 0.322 e. The number of hydrogen-bond acceptors (Lipinski definition) is 4. The second-order valence-corrected chi connectivity index (χ2v) is 8.96. The van der Waals surface area contributed by atoms with Gasteiger partial charge in [0.2, 0.25) is 10.0 Å². The van der Waals surface area contributed by atoms with Crippen LogP contribution in [0.15, 0.2) is 77.7 Å². The predicted molar refractivity (Wildman–Crippen MR) is 122 cm³/mol. The van der Waals surface area contributed by atoms with Gasteiger partial charge in [-0.1, -0.05) is 30.3 Å². The highest BCUT2D eigenvalue weighted by molar-refractivity contribution is 7.89. The van der Waals surface area contributed by atoms with Gasteiger partial charge in [0, 0.05) is 16.6 Å². The standard InChI is InChI=1S/C24H21N3O3S/c1-15-7-8-17(13-16(15)2)23-14-21(20-5-3-4-6-22(20)27-23)24(28)26-18-9-11-19(12-10-18)31(25,29)30/h3-14H,1-2H3,(H,26,28)(H2,25,29,30). The van der Waals surface area contributed by atoms with E-state index in [9.17, 15) is 13.2 Å². The lowest BCUT2D eigenvalue weighted by Gasteiger charge is -2.12. The fourth-order valence-corrected chi connectivity index (χ4v) is 3.85. The van der Waals surface area contributed by atoms with Gasteiger partial charge < -0.3 is 5.32 Å². The summed E-state index contributed by atoms with van der Waals surface area (Å²) >= 11 is 0. The molecule has 31 heavy (non-hydrogen) atoms. The first-order chi connectivity index (χ1) is 14.7. The molecule has 0 aliphatic rings. The molecular formula is C24H21N3O3S. The van der Waals surface area contributed by atoms with E-state index in [2.05, 4.69) is 11.4 Å². The minimum atomic E-state index is -3.79. The number of carbonyl (C=O) groups is 1. The van der Waals surface area contributed by atoms with E-state index in [1.165, 1.54) is 29.8 Å². The van der Waals surface area contributed by atoms with Gasteiger partial charge in [-0.2, -0.15) is 0 Å². The fraction of sp³-hybridized carbons (Fsp3) is 0.0833. The number of hydrogen-bond donors (Lipinski definition) is 2. The van der Waals surface area contributed by atoms with Crippen molar-refractivity contribution >= 4 is 32.5 Å². The Balaban J connectivity index is 1.75. The molecule has 0 saturated heterocycles. The molecule has 1 heterocycles. The van der Waals surface area contributed by atoms with Crippen LogP contribution in [0.25, 0.3) is 22.2 Å². The van der Waals surface area contributed by atoms with Gasteiger partial charge in [-0.15, -0.1) is 0 Å². The number of aryl methyl sites for hydroxylation is 2. The third-order valence-electron chi connectivity index (χ3n) is 5.20. The van der Waals surface area contributed by atoms with E-state index in [0.29, 0.717) is 22.5 Å². The number of primary sulfonamides is 1. The molecule has 0 fully saturated rings. The Labute approximate surface area is 180 Å². The van der Waals surface area contributed by atoms with Gasteiger partial charge in [-0.3, -0.25) is 4.79 Å². The van der Waals surface area contributed by atoms with Crippen molar-refractivity contribution in [3.8, 4) is 11.3 Å². The smallest absolute Gasteiger partial charge is 0.256 e. The molecule has 4 rings (SSSR count). The summed E-state index contributed by atoms with van der Waals surface area (Å²) in [6.45, 7) is 4.09. The number of nitrogens with zero attached hydrogens (tertiary/aromatic N) is 1. The molecule has 1 amide bonds. The molecule has 0 saturated carbocycles. The summed E-state index contributed by atoms with van der Waals surface area (Å²) in [5.74, 6) is -0.313. The van der Waals surface area contributed by atoms with Crippen molar-refractivity contribution in [3.63, 3.8) is 0 Å². The van der Waals surface area contributed by atoms with E-state index in [0.717, 1.165) is 16.5 Å². The van der Waals surface area contributed by atoms with Crippen LogP contribution >= 0.6 is 0 Å². The van der Waals surface area contributed by atoms with Gasteiger partial charge in [0.25, 0.3) is 5.91 Å².